The summed E-state index contributed by atoms with van der Waals surface area (Å²) in [4.78, 5) is 29.5. The molecule has 0 spiro atoms. The third-order valence-electron chi connectivity index (χ3n) is 5.26. The second-order valence-electron chi connectivity index (χ2n) is 7.02. The summed E-state index contributed by atoms with van der Waals surface area (Å²) in [5.74, 6) is -1.23. The first-order chi connectivity index (χ1) is 13.3. The van der Waals surface area contributed by atoms with E-state index in [1.54, 1.807) is 6.92 Å². The Morgan fingerprint density at radius 2 is 2.04 bits per heavy atom. The molecule has 2 aliphatic heterocycles. The van der Waals surface area contributed by atoms with Crippen LogP contribution in [0.1, 0.15) is 29.6 Å². The van der Waals surface area contributed by atoms with Gasteiger partial charge in [-0.2, -0.15) is 0 Å². The van der Waals surface area contributed by atoms with Gasteiger partial charge in [0, 0.05) is 26.2 Å². The molecule has 1 aromatic carbocycles. The smallest absolute Gasteiger partial charge is 0.344 e. The fourth-order valence-corrected chi connectivity index (χ4v) is 5.33. The lowest BCUT2D eigenvalue weighted by Gasteiger charge is -2.37. The standard InChI is InChI=1S/C19H21ClFN3O3S/c1-4-27-19(26)13-17(25)11-9-12(21)16(23-7-5-22(3)6-8-23)14(20)15(11)24-10(2)28-18(13)24/h9-10H,4-8H2,1-3H3. The lowest BCUT2D eigenvalue weighted by molar-refractivity contribution is 0.0518. The highest BCUT2D eigenvalue weighted by Crippen LogP contribution is 2.49. The number of rotatable bonds is 3. The van der Waals surface area contributed by atoms with E-state index < -0.39 is 17.2 Å². The molecule has 2 aromatic rings. The van der Waals surface area contributed by atoms with Crippen LogP contribution < -0.4 is 10.3 Å². The number of hydrogen-bond donors (Lipinski definition) is 0. The number of fused-ring (bicyclic) bond motifs is 3. The predicted molar refractivity (Wildman–Crippen MR) is 109 cm³/mol. The number of hydrogen-bond acceptors (Lipinski definition) is 6. The van der Waals surface area contributed by atoms with E-state index in [9.17, 15) is 9.59 Å². The summed E-state index contributed by atoms with van der Waals surface area (Å²) in [5, 5.41) is 0.843. The average molecular weight is 426 g/mol. The summed E-state index contributed by atoms with van der Waals surface area (Å²) in [6.45, 7) is 6.71. The summed E-state index contributed by atoms with van der Waals surface area (Å²) in [6.07, 6.45) is 0. The molecule has 0 amide bonds. The van der Waals surface area contributed by atoms with Crippen LogP contribution >= 0.6 is 23.4 Å². The number of esters is 1. The monoisotopic (exact) mass is 425 g/mol. The number of anilines is 1. The van der Waals surface area contributed by atoms with Crippen molar-refractivity contribution in [2.45, 2.75) is 24.2 Å². The molecule has 28 heavy (non-hydrogen) atoms. The van der Waals surface area contributed by atoms with Crippen molar-refractivity contribution in [1.29, 1.82) is 0 Å². The number of carbonyl (C=O) groups excluding carboxylic acids is 1. The fraction of sp³-hybridized carbons (Fsp3) is 0.474. The largest absolute Gasteiger partial charge is 0.462 e. The zero-order valence-electron chi connectivity index (χ0n) is 15.9. The molecule has 4 rings (SSSR count). The molecule has 3 heterocycles. The maximum Gasteiger partial charge on any atom is 0.344 e. The molecule has 0 bridgehead atoms. The molecule has 1 unspecified atom stereocenters. The van der Waals surface area contributed by atoms with E-state index in [1.807, 2.05) is 23.4 Å². The molecule has 9 heteroatoms. The Morgan fingerprint density at radius 3 is 2.64 bits per heavy atom. The highest BCUT2D eigenvalue weighted by atomic mass is 35.5. The van der Waals surface area contributed by atoms with Crippen molar-refractivity contribution in [2.24, 2.45) is 0 Å². The molecule has 1 saturated heterocycles. The Bertz CT molecular complexity index is 1030. The molecule has 1 atom stereocenters. The number of halogens is 2. The van der Waals surface area contributed by atoms with Gasteiger partial charge in [-0.3, -0.25) is 4.79 Å². The first-order valence-corrected chi connectivity index (χ1v) is 10.5. The summed E-state index contributed by atoms with van der Waals surface area (Å²) < 4.78 is 22.0. The van der Waals surface area contributed by atoms with Crippen molar-refractivity contribution in [1.82, 2.24) is 9.47 Å². The number of likely N-dealkylation sites (N-methyl/N-ethyl adjacent to an activating group) is 1. The van der Waals surface area contributed by atoms with Crippen molar-refractivity contribution >= 4 is 45.9 Å². The molecule has 0 N–H and O–H groups in total. The van der Waals surface area contributed by atoms with E-state index in [1.165, 1.54) is 17.8 Å². The maximum absolute atomic E-state index is 15.1. The van der Waals surface area contributed by atoms with Crippen molar-refractivity contribution in [3.05, 3.63) is 32.7 Å². The molecule has 0 radical (unpaired) electrons. The third kappa shape index (κ3) is 2.89. The van der Waals surface area contributed by atoms with Crippen molar-refractivity contribution < 1.29 is 13.9 Å². The number of piperazine rings is 1. The molecule has 1 aromatic heterocycles. The van der Waals surface area contributed by atoms with E-state index in [4.69, 9.17) is 16.3 Å². The fourth-order valence-electron chi connectivity index (χ4n) is 3.79. The number of benzene rings is 1. The van der Waals surface area contributed by atoms with Gasteiger partial charge in [-0.1, -0.05) is 23.4 Å². The van der Waals surface area contributed by atoms with Gasteiger partial charge < -0.3 is 19.1 Å². The Balaban J connectivity index is 1.96. The molecule has 0 saturated carbocycles. The van der Waals surface area contributed by atoms with Gasteiger partial charge in [-0.25, -0.2) is 9.18 Å². The van der Waals surface area contributed by atoms with Gasteiger partial charge in [-0.05, 0) is 27.0 Å². The van der Waals surface area contributed by atoms with Gasteiger partial charge in [-0.15, -0.1) is 0 Å². The molecular formula is C19H21ClFN3O3S. The third-order valence-corrected chi connectivity index (χ3v) is 6.79. The normalized spacial score (nSPS) is 19.5. The predicted octanol–water partition coefficient (Wildman–Crippen LogP) is 3.35. The Labute approximate surface area is 171 Å². The number of nitrogens with zero attached hydrogens (tertiary/aromatic N) is 3. The van der Waals surface area contributed by atoms with E-state index >= 15 is 4.39 Å². The van der Waals surface area contributed by atoms with Crippen molar-refractivity contribution in [2.75, 3.05) is 44.7 Å². The second kappa shape index (κ2) is 7.24. The summed E-state index contributed by atoms with van der Waals surface area (Å²) in [6, 6.07) is 1.21. The van der Waals surface area contributed by atoms with Crippen LogP contribution in [-0.2, 0) is 4.74 Å². The van der Waals surface area contributed by atoms with E-state index in [-0.39, 0.29) is 28.0 Å². The van der Waals surface area contributed by atoms with E-state index in [2.05, 4.69) is 4.90 Å². The topological polar surface area (TPSA) is 54.8 Å². The minimum Gasteiger partial charge on any atom is -0.462 e. The lowest BCUT2D eigenvalue weighted by atomic mass is 10.1. The molecule has 2 aliphatic rings. The van der Waals surface area contributed by atoms with Crippen LogP contribution in [0.2, 0.25) is 5.02 Å². The summed E-state index contributed by atoms with van der Waals surface area (Å²) in [5.41, 5.74) is 0.228. The molecule has 6 nitrogen and oxygen atoms in total. The van der Waals surface area contributed by atoms with Gasteiger partial charge in [0.15, 0.2) is 0 Å². The summed E-state index contributed by atoms with van der Waals surface area (Å²) in [7, 11) is 2.02. The van der Waals surface area contributed by atoms with Crippen LogP contribution in [0.4, 0.5) is 10.1 Å². The molecular weight excluding hydrogens is 405 g/mol. The van der Waals surface area contributed by atoms with Crippen LogP contribution in [0.15, 0.2) is 15.9 Å². The molecule has 150 valence electrons. The molecule has 1 fully saturated rings. The van der Waals surface area contributed by atoms with Crippen LogP contribution in [-0.4, -0.2) is 55.3 Å². The summed E-state index contributed by atoms with van der Waals surface area (Å²) >= 11 is 8.09. The highest BCUT2D eigenvalue weighted by Gasteiger charge is 2.35. The highest BCUT2D eigenvalue weighted by molar-refractivity contribution is 8.00. The van der Waals surface area contributed by atoms with Gasteiger partial charge in [0.2, 0.25) is 5.43 Å². The number of thioether (sulfide) groups is 1. The zero-order chi connectivity index (χ0) is 20.2. The van der Waals surface area contributed by atoms with Crippen molar-refractivity contribution in [3.8, 4) is 0 Å². The van der Waals surface area contributed by atoms with Crippen LogP contribution in [0.25, 0.3) is 10.9 Å². The Morgan fingerprint density at radius 1 is 1.36 bits per heavy atom. The lowest BCUT2D eigenvalue weighted by Crippen LogP contribution is -2.45. The minimum absolute atomic E-state index is 0.0189. The number of pyridine rings is 1. The Hall–Kier alpha value is -1.77. The van der Waals surface area contributed by atoms with Gasteiger partial charge in [0.05, 0.1) is 38.6 Å². The average Bonchev–Trinajstić information content (AvgIpc) is 2.64. The number of aromatic nitrogens is 1. The maximum atomic E-state index is 15.1. The second-order valence-corrected chi connectivity index (χ2v) is 8.71. The number of ether oxygens (including phenoxy) is 1. The van der Waals surface area contributed by atoms with Gasteiger partial charge in [0.25, 0.3) is 0 Å². The van der Waals surface area contributed by atoms with Gasteiger partial charge >= 0.3 is 5.97 Å². The van der Waals surface area contributed by atoms with Crippen LogP contribution in [0.5, 0.6) is 0 Å². The van der Waals surface area contributed by atoms with Crippen molar-refractivity contribution in [3.63, 3.8) is 0 Å². The Kier molecular flexibility index (Phi) is 5.05. The quantitative estimate of drug-likeness (QED) is 0.703. The van der Waals surface area contributed by atoms with Crippen LogP contribution in [0.3, 0.4) is 0 Å². The first kappa shape index (κ1) is 19.5. The van der Waals surface area contributed by atoms with Gasteiger partial charge in [0.1, 0.15) is 11.4 Å². The first-order valence-electron chi connectivity index (χ1n) is 9.22. The SMILES string of the molecule is CCOC(=O)c1c2n(c3c(Cl)c(N4CCN(C)CC4)c(F)cc3c1=O)C(C)S2. The van der Waals surface area contributed by atoms with E-state index in [0.717, 1.165) is 13.1 Å². The molecule has 0 aliphatic carbocycles. The zero-order valence-corrected chi connectivity index (χ0v) is 17.5. The minimum atomic E-state index is -0.683. The van der Waals surface area contributed by atoms with Crippen LogP contribution in [0, 0.1) is 5.82 Å². The van der Waals surface area contributed by atoms with E-state index in [0.29, 0.717) is 29.3 Å². The number of carbonyl (C=O) groups is 1.